The lowest BCUT2D eigenvalue weighted by Crippen LogP contribution is -2.52. The Hall–Kier alpha value is -1.81. The van der Waals surface area contributed by atoms with Gasteiger partial charge in [0.1, 0.15) is 0 Å². The third kappa shape index (κ3) is 2.84. The summed E-state index contributed by atoms with van der Waals surface area (Å²) in [4.78, 5) is 17.7. The van der Waals surface area contributed by atoms with Crippen LogP contribution in [0.2, 0.25) is 0 Å². The molecule has 1 saturated carbocycles. The first-order valence-corrected chi connectivity index (χ1v) is 9.31. The summed E-state index contributed by atoms with van der Waals surface area (Å²) in [5, 5.41) is 1.07. The monoisotopic (exact) mass is 325 g/mol. The first-order chi connectivity index (χ1) is 11.7. The summed E-state index contributed by atoms with van der Waals surface area (Å²) in [6, 6.07) is 8.93. The van der Waals surface area contributed by atoms with E-state index in [1.54, 1.807) is 0 Å². The fourth-order valence-electron chi connectivity index (χ4n) is 4.42. The minimum absolute atomic E-state index is 0.190. The number of aromatic nitrogens is 1. The van der Waals surface area contributed by atoms with Crippen molar-refractivity contribution in [3.63, 3.8) is 0 Å². The van der Waals surface area contributed by atoms with E-state index < -0.39 is 0 Å². The molecular weight excluding hydrogens is 298 g/mol. The summed E-state index contributed by atoms with van der Waals surface area (Å²) >= 11 is 0. The standard InChI is InChI=1S/C20H27N3O/c1-21-15-18(17-9-5-6-10-19(17)21)20(24)23-13-11-22(12-14-23)16-7-3-2-4-8-16/h5-6,9-10,15-16H,2-4,7-8,11-14H2,1H3. The van der Waals surface area contributed by atoms with Crippen molar-refractivity contribution in [1.82, 2.24) is 14.4 Å². The lowest BCUT2D eigenvalue weighted by molar-refractivity contribution is 0.0525. The number of hydrogen-bond acceptors (Lipinski definition) is 2. The van der Waals surface area contributed by atoms with Crippen LogP contribution in [0.1, 0.15) is 42.5 Å². The fraction of sp³-hybridized carbons (Fsp3) is 0.550. The van der Waals surface area contributed by atoms with E-state index in [2.05, 4.69) is 21.6 Å². The van der Waals surface area contributed by atoms with E-state index >= 15 is 0 Å². The van der Waals surface area contributed by atoms with Gasteiger partial charge in [-0.25, -0.2) is 0 Å². The summed E-state index contributed by atoms with van der Waals surface area (Å²) in [5.41, 5.74) is 1.97. The van der Waals surface area contributed by atoms with E-state index in [4.69, 9.17) is 0 Å². The van der Waals surface area contributed by atoms with Crippen LogP contribution in [0.3, 0.4) is 0 Å². The molecule has 0 unspecified atom stereocenters. The average molecular weight is 325 g/mol. The van der Waals surface area contributed by atoms with Crippen LogP contribution >= 0.6 is 0 Å². The van der Waals surface area contributed by atoms with Crippen LogP contribution in [0, 0.1) is 0 Å². The van der Waals surface area contributed by atoms with E-state index in [0.717, 1.165) is 48.7 Å². The maximum atomic E-state index is 13.0. The van der Waals surface area contributed by atoms with Crippen LogP contribution in [0.5, 0.6) is 0 Å². The van der Waals surface area contributed by atoms with Crippen molar-refractivity contribution in [2.75, 3.05) is 26.2 Å². The van der Waals surface area contributed by atoms with Crippen molar-refractivity contribution in [3.8, 4) is 0 Å². The molecule has 4 rings (SSSR count). The van der Waals surface area contributed by atoms with Crippen LogP contribution in [-0.4, -0.2) is 52.5 Å². The van der Waals surface area contributed by atoms with Gasteiger partial charge < -0.3 is 9.47 Å². The molecule has 0 spiro atoms. The molecule has 2 aliphatic rings. The van der Waals surface area contributed by atoms with Gasteiger partial charge in [-0.05, 0) is 18.9 Å². The zero-order valence-electron chi connectivity index (χ0n) is 14.6. The third-order valence-corrected chi connectivity index (χ3v) is 5.82. The van der Waals surface area contributed by atoms with Crippen LogP contribution in [-0.2, 0) is 7.05 Å². The Morgan fingerprint density at radius 3 is 2.46 bits per heavy atom. The molecule has 24 heavy (non-hydrogen) atoms. The normalized spacial score (nSPS) is 20.6. The van der Waals surface area contributed by atoms with E-state index in [1.165, 1.54) is 32.1 Å². The van der Waals surface area contributed by atoms with Crippen LogP contribution < -0.4 is 0 Å². The highest BCUT2D eigenvalue weighted by Crippen LogP contribution is 2.25. The van der Waals surface area contributed by atoms with Gasteiger partial charge in [0.2, 0.25) is 0 Å². The Kier molecular flexibility index (Phi) is 4.31. The van der Waals surface area contributed by atoms with Gasteiger partial charge in [0, 0.05) is 56.4 Å². The lowest BCUT2D eigenvalue weighted by Gasteiger charge is -2.40. The summed E-state index contributed by atoms with van der Waals surface area (Å²) < 4.78 is 2.06. The minimum Gasteiger partial charge on any atom is -0.350 e. The average Bonchev–Trinajstić information content (AvgIpc) is 2.99. The number of fused-ring (bicyclic) bond motifs is 1. The van der Waals surface area contributed by atoms with Crippen molar-refractivity contribution in [1.29, 1.82) is 0 Å². The minimum atomic E-state index is 0.190. The molecule has 128 valence electrons. The van der Waals surface area contributed by atoms with Gasteiger partial charge in [0.15, 0.2) is 0 Å². The molecule has 2 fully saturated rings. The first-order valence-electron chi connectivity index (χ1n) is 9.31. The number of nitrogens with zero attached hydrogens (tertiary/aromatic N) is 3. The molecule has 1 amide bonds. The van der Waals surface area contributed by atoms with E-state index in [0.29, 0.717) is 0 Å². The topological polar surface area (TPSA) is 28.5 Å². The molecule has 0 bridgehead atoms. The molecule has 1 aromatic heterocycles. The maximum Gasteiger partial charge on any atom is 0.256 e. The quantitative estimate of drug-likeness (QED) is 0.848. The van der Waals surface area contributed by atoms with Crippen molar-refractivity contribution in [3.05, 3.63) is 36.0 Å². The number of amides is 1. The number of benzene rings is 1. The predicted molar refractivity (Wildman–Crippen MR) is 97.3 cm³/mol. The second-order valence-electron chi connectivity index (χ2n) is 7.29. The number of carbonyl (C=O) groups is 1. The second kappa shape index (κ2) is 6.60. The van der Waals surface area contributed by atoms with Gasteiger partial charge in [0.25, 0.3) is 5.91 Å². The van der Waals surface area contributed by atoms with Crippen LogP contribution in [0.4, 0.5) is 0 Å². The van der Waals surface area contributed by atoms with Crippen LogP contribution in [0.25, 0.3) is 10.9 Å². The molecule has 1 aliphatic heterocycles. The molecule has 4 heteroatoms. The first kappa shape index (κ1) is 15.7. The molecule has 4 nitrogen and oxygen atoms in total. The van der Waals surface area contributed by atoms with E-state index in [1.807, 2.05) is 30.3 Å². The SMILES string of the molecule is Cn1cc(C(=O)N2CCN(C3CCCCC3)CC2)c2ccccc21. The Labute approximate surface area is 144 Å². The number of piperazine rings is 1. The molecule has 0 atom stereocenters. The van der Waals surface area contributed by atoms with E-state index in [-0.39, 0.29) is 5.91 Å². The summed E-state index contributed by atoms with van der Waals surface area (Å²) in [6.45, 7) is 3.78. The van der Waals surface area contributed by atoms with Crippen LogP contribution in [0.15, 0.2) is 30.5 Å². The van der Waals surface area contributed by atoms with Gasteiger partial charge in [-0.15, -0.1) is 0 Å². The summed E-state index contributed by atoms with van der Waals surface area (Å²) in [7, 11) is 2.01. The van der Waals surface area contributed by atoms with Gasteiger partial charge in [-0.3, -0.25) is 9.69 Å². The van der Waals surface area contributed by atoms with Gasteiger partial charge in [-0.2, -0.15) is 0 Å². The molecule has 0 radical (unpaired) electrons. The van der Waals surface area contributed by atoms with Gasteiger partial charge in [-0.1, -0.05) is 37.5 Å². The number of aryl methyl sites for hydroxylation is 1. The molecule has 2 aromatic rings. The lowest BCUT2D eigenvalue weighted by atomic mass is 9.94. The highest BCUT2D eigenvalue weighted by atomic mass is 16.2. The summed E-state index contributed by atoms with van der Waals surface area (Å²) in [6.07, 6.45) is 8.82. The molecule has 1 aromatic carbocycles. The largest absolute Gasteiger partial charge is 0.350 e. The second-order valence-corrected chi connectivity index (χ2v) is 7.29. The smallest absolute Gasteiger partial charge is 0.256 e. The van der Waals surface area contributed by atoms with Crippen molar-refractivity contribution >= 4 is 16.8 Å². The highest BCUT2D eigenvalue weighted by Gasteiger charge is 2.28. The summed E-state index contributed by atoms with van der Waals surface area (Å²) in [5.74, 6) is 0.190. The number of rotatable bonds is 2. The maximum absolute atomic E-state index is 13.0. The van der Waals surface area contributed by atoms with E-state index in [9.17, 15) is 4.79 Å². The predicted octanol–water partition coefficient (Wildman–Crippen LogP) is 3.27. The van der Waals surface area contributed by atoms with Crippen molar-refractivity contribution in [2.45, 2.75) is 38.1 Å². The molecule has 0 N–H and O–H groups in total. The Morgan fingerprint density at radius 2 is 1.71 bits per heavy atom. The fourth-order valence-corrected chi connectivity index (χ4v) is 4.42. The molecular formula is C20H27N3O. The zero-order valence-corrected chi connectivity index (χ0v) is 14.6. The van der Waals surface area contributed by atoms with Crippen molar-refractivity contribution in [2.24, 2.45) is 7.05 Å². The Morgan fingerprint density at radius 1 is 1.00 bits per heavy atom. The molecule has 2 heterocycles. The van der Waals surface area contributed by atoms with Gasteiger partial charge >= 0.3 is 0 Å². The number of carbonyl (C=O) groups excluding carboxylic acids is 1. The molecule has 1 saturated heterocycles. The third-order valence-electron chi connectivity index (χ3n) is 5.82. The number of hydrogen-bond donors (Lipinski definition) is 0. The Bertz CT molecular complexity index is 722. The molecule has 1 aliphatic carbocycles. The highest BCUT2D eigenvalue weighted by molar-refractivity contribution is 6.07. The van der Waals surface area contributed by atoms with Crippen molar-refractivity contribution < 1.29 is 4.79 Å². The van der Waals surface area contributed by atoms with Gasteiger partial charge in [0.05, 0.1) is 5.56 Å². The zero-order chi connectivity index (χ0) is 16.5. The number of para-hydroxylation sites is 1. The Balaban J connectivity index is 1.46.